The summed E-state index contributed by atoms with van der Waals surface area (Å²) in [4.78, 5) is 24.9. The van der Waals surface area contributed by atoms with Crippen LogP contribution < -0.4 is 5.32 Å². The lowest BCUT2D eigenvalue weighted by Crippen LogP contribution is -2.31. The van der Waals surface area contributed by atoms with E-state index in [9.17, 15) is 20.1 Å². The second-order valence-corrected chi connectivity index (χ2v) is 5.71. The monoisotopic (exact) mass is 283 g/mol. The van der Waals surface area contributed by atoms with E-state index in [1.807, 2.05) is 30.5 Å². The number of imide groups is 1. The Bertz CT molecular complexity index is 677. The maximum Gasteiger partial charge on any atom is 0.250 e. The number of amides is 2. The first-order valence-electron chi connectivity index (χ1n) is 5.91. The van der Waals surface area contributed by atoms with Crippen LogP contribution in [0.3, 0.4) is 0 Å². The van der Waals surface area contributed by atoms with E-state index in [1.54, 1.807) is 23.9 Å². The number of hydrogen-bond donors (Lipinski definition) is 1. The summed E-state index contributed by atoms with van der Waals surface area (Å²) in [7, 11) is 0. The van der Waals surface area contributed by atoms with Gasteiger partial charge in [0.15, 0.2) is 10.8 Å². The molecule has 1 saturated heterocycles. The van der Waals surface area contributed by atoms with Gasteiger partial charge in [-0.3, -0.25) is 14.9 Å². The molecule has 0 aromatic heterocycles. The van der Waals surface area contributed by atoms with Crippen LogP contribution in [0, 0.1) is 33.5 Å². The second-order valence-electron chi connectivity index (χ2n) is 4.83. The maximum atomic E-state index is 11.9. The number of nitrogens with one attached hydrogen (secondary N) is 1. The third-order valence-corrected chi connectivity index (χ3v) is 4.89. The van der Waals surface area contributed by atoms with E-state index in [4.69, 9.17) is 0 Å². The van der Waals surface area contributed by atoms with Crippen LogP contribution in [0.15, 0.2) is 29.2 Å². The zero-order chi connectivity index (χ0) is 14.5. The Morgan fingerprint density at radius 3 is 2.00 bits per heavy atom. The first kappa shape index (κ1) is 12.7. The predicted molar refractivity (Wildman–Crippen MR) is 70.2 cm³/mol. The molecule has 0 spiro atoms. The van der Waals surface area contributed by atoms with Gasteiger partial charge in [0.05, 0.1) is 12.1 Å². The molecule has 98 valence electrons. The first-order valence-corrected chi connectivity index (χ1v) is 7.13. The minimum atomic E-state index is -1.57. The zero-order valence-electron chi connectivity index (χ0n) is 10.5. The van der Waals surface area contributed by atoms with Gasteiger partial charge in [0.1, 0.15) is 0 Å². The summed E-state index contributed by atoms with van der Waals surface area (Å²) < 4.78 is 0. The number of piperidine rings is 1. The summed E-state index contributed by atoms with van der Waals surface area (Å²) in [5, 5.41) is 20.8. The standard InChI is InChI=1S/C14H9N3O2S/c1-20-9-4-2-8(3-5-9)10-13(6-15)11(18)17-12(19)14(10,13)7-16/h2-5,10H,1H3,(H,17,18,19)/t10?,13-,14+. The quantitative estimate of drug-likeness (QED) is 0.649. The Kier molecular flexibility index (Phi) is 2.44. The highest BCUT2D eigenvalue weighted by atomic mass is 32.2. The lowest BCUT2D eigenvalue weighted by Gasteiger charge is -2.08. The molecular weight excluding hydrogens is 274 g/mol. The van der Waals surface area contributed by atoms with Crippen LogP contribution in [0.4, 0.5) is 0 Å². The molecule has 1 aromatic rings. The van der Waals surface area contributed by atoms with E-state index < -0.39 is 28.6 Å². The number of nitrogens with zero attached hydrogens (tertiary/aromatic N) is 2. The van der Waals surface area contributed by atoms with Gasteiger partial charge in [-0.1, -0.05) is 12.1 Å². The van der Waals surface area contributed by atoms with Gasteiger partial charge in [-0.25, -0.2) is 0 Å². The molecule has 3 atom stereocenters. The van der Waals surface area contributed by atoms with E-state index in [0.717, 1.165) is 4.90 Å². The van der Waals surface area contributed by atoms with Crippen LogP contribution in [0.1, 0.15) is 11.5 Å². The molecule has 1 aliphatic carbocycles. The van der Waals surface area contributed by atoms with Gasteiger partial charge >= 0.3 is 0 Å². The highest BCUT2D eigenvalue weighted by molar-refractivity contribution is 7.98. The van der Waals surface area contributed by atoms with Crippen molar-refractivity contribution in [1.82, 2.24) is 5.32 Å². The number of carbonyl (C=O) groups excluding carboxylic acids is 2. The van der Waals surface area contributed by atoms with Gasteiger partial charge in [-0.05, 0) is 24.0 Å². The number of nitriles is 2. The number of fused-ring (bicyclic) bond motifs is 1. The van der Waals surface area contributed by atoms with Gasteiger partial charge in [0.2, 0.25) is 11.8 Å². The first-order chi connectivity index (χ1) is 9.58. The van der Waals surface area contributed by atoms with Gasteiger partial charge < -0.3 is 0 Å². The Balaban J connectivity index is 2.12. The van der Waals surface area contributed by atoms with Gasteiger partial charge in [-0.2, -0.15) is 10.5 Å². The van der Waals surface area contributed by atoms with Crippen molar-refractivity contribution in [3.8, 4) is 12.1 Å². The second kappa shape index (κ2) is 3.84. The minimum absolute atomic E-state index is 0.662. The predicted octanol–water partition coefficient (Wildman–Crippen LogP) is 1.18. The molecule has 1 unspecified atom stereocenters. The lowest BCUT2D eigenvalue weighted by atomic mass is 9.98. The Labute approximate surface area is 119 Å². The maximum absolute atomic E-state index is 11.9. The van der Waals surface area contributed by atoms with Crippen LogP contribution in [-0.2, 0) is 9.59 Å². The molecule has 2 fully saturated rings. The SMILES string of the molecule is CSc1ccc(C2[C@]3(C#N)C(=O)NC(=O)[C@]23C#N)cc1. The van der Waals surface area contributed by atoms with Gasteiger partial charge in [-0.15, -0.1) is 11.8 Å². The normalized spacial score (nSPS) is 33.9. The summed E-state index contributed by atoms with van der Waals surface area (Å²) in [6.45, 7) is 0. The van der Waals surface area contributed by atoms with Crippen molar-refractivity contribution >= 4 is 23.6 Å². The summed E-state index contributed by atoms with van der Waals surface area (Å²) in [6, 6.07) is 11.1. The fraction of sp³-hybridized carbons (Fsp3) is 0.286. The van der Waals surface area contributed by atoms with Crippen LogP contribution in [-0.4, -0.2) is 18.1 Å². The number of rotatable bonds is 2. The third-order valence-electron chi connectivity index (χ3n) is 4.15. The lowest BCUT2D eigenvalue weighted by molar-refractivity contribution is -0.128. The smallest absolute Gasteiger partial charge is 0.250 e. The fourth-order valence-electron chi connectivity index (χ4n) is 3.10. The number of carbonyl (C=O) groups is 2. The topological polar surface area (TPSA) is 93.8 Å². The molecule has 1 aromatic carbocycles. The molecule has 0 bridgehead atoms. The van der Waals surface area contributed by atoms with Crippen LogP contribution in [0.2, 0.25) is 0 Å². The van der Waals surface area contributed by atoms with E-state index in [-0.39, 0.29) is 0 Å². The molecule has 1 heterocycles. The molecule has 5 nitrogen and oxygen atoms in total. The summed E-state index contributed by atoms with van der Waals surface area (Å²) in [5.74, 6) is -2.00. The molecule has 1 aliphatic heterocycles. The Morgan fingerprint density at radius 2 is 1.60 bits per heavy atom. The molecule has 1 saturated carbocycles. The van der Waals surface area contributed by atoms with E-state index in [1.165, 1.54) is 0 Å². The average molecular weight is 283 g/mol. The number of hydrogen-bond acceptors (Lipinski definition) is 5. The highest BCUT2D eigenvalue weighted by Gasteiger charge is 2.90. The molecule has 2 amide bonds. The Morgan fingerprint density at radius 1 is 1.10 bits per heavy atom. The summed E-state index contributed by atoms with van der Waals surface area (Å²) >= 11 is 1.57. The van der Waals surface area contributed by atoms with Crippen molar-refractivity contribution in [2.75, 3.05) is 6.26 Å². The molecule has 1 N–H and O–H groups in total. The van der Waals surface area contributed by atoms with Crippen molar-refractivity contribution in [2.45, 2.75) is 10.8 Å². The van der Waals surface area contributed by atoms with Gasteiger partial charge in [0, 0.05) is 10.8 Å². The van der Waals surface area contributed by atoms with Crippen molar-refractivity contribution in [1.29, 1.82) is 10.5 Å². The zero-order valence-corrected chi connectivity index (χ0v) is 11.3. The average Bonchev–Trinajstić information content (AvgIpc) is 3.05. The highest BCUT2D eigenvalue weighted by Crippen LogP contribution is 2.76. The third kappa shape index (κ3) is 1.13. The van der Waals surface area contributed by atoms with Crippen LogP contribution >= 0.6 is 11.8 Å². The van der Waals surface area contributed by atoms with Gasteiger partial charge in [0.25, 0.3) is 0 Å². The molecule has 2 aliphatic rings. The molecule has 6 heteroatoms. The van der Waals surface area contributed by atoms with Crippen LogP contribution in [0.25, 0.3) is 0 Å². The van der Waals surface area contributed by atoms with Crippen molar-refractivity contribution < 1.29 is 9.59 Å². The van der Waals surface area contributed by atoms with E-state index >= 15 is 0 Å². The Hall–Kier alpha value is -2.31. The van der Waals surface area contributed by atoms with Crippen molar-refractivity contribution in [3.63, 3.8) is 0 Å². The van der Waals surface area contributed by atoms with Crippen LogP contribution in [0.5, 0.6) is 0 Å². The molecular formula is C14H9N3O2S. The fourth-order valence-corrected chi connectivity index (χ4v) is 3.51. The van der Waals surface area contributed by atoms with E-state index in [2.05, 4.69) is 5.32 Å². The molecule has 0 radical (unpaired) electrons. The summed E-state index contributed by atoms with van der Waals surface area (Å²) in [5.41, 5.74) is -2.46. The number of thioether (sulfide) groups is 1. The van der Waals surface area contributed by atoms with Crippen molar-refractivity contribution in [3.05, 3.63) is 29.8 Å². The largest absolute Gasteiger partial charge is 0.293 e. The summed E-state index contributed by atoms with van der Waals surface area (Å²) in [6.07, 6.45) is 1.94. The molecule has 3 rings (SSSR count). The molecule has 20 heavy (non-hydrogen) atoms. The minimum Gasteiger partial charge on any atom is -0.293 e. The number of benzene rings is 1. The van der Waals surface area contributed by atoms with Crippen molar-refractivity contribution in [2.24, 2.45) is 10.8 Å². The van der Waals surface area contributed by atoms with E-state index in [0.29, 0.717) is 5.56 Å².